The molecule has 0 aromatic heterocycles. The highest BCUT2D eigenvalue weighted by atomic mass is 31.2. The van der Waals surface area contributed by atoms with Crippen molar-refractivity contribution in [2.45, 2.75) is 443 Å². The highest BCUT2D eigenvalue weighted by Crippen LogP contribution is 2.43. The third kappa shape index (κ3) is 76.0. The van der Waals surface area contributed by atoms with Gasteiger partial charge >= 0.3 is 7.82 Å². The lowest BCUT2D eigenvalue weighted by Crippen LogP contribution is -2.45. The van der Waals surface area contributed by atoms with Crippen LogP contribution >= 0.6 is 7.82 Å². The van der Waals surface area contributed by atoms with E-state index < -0.39 is 20.0 Å². The molecule has 0 aliphatic rings. The molecular formula is C82H162N2O6P+. The number of carbonyl (C=O) groups is 1. The Kier molecular flexibility index (Phi) is 72.0. The Morgan fingerprint density at radius 2 is 0.604 bits per heavy atom. The molecule has 540 valence electrons. The largest absolute Gasteiger partial charge is 0.472 e. The molecule has 3 atom stereocenters. The highest BCUT2D eigenvalue weighted by Gasteiger charge is 2.28. The van der Waals surface area contributed by atoms with Gasteiger partial charge in [0, 0.05) is 6.42 Å². The normalized spacial score (nSPS) is 13.6. The number of phosphoric ester groups is 1. The van der Waals surface area contributed by atoms with E-state index in [2.05, 4.69) is 43.5 Å². The number of unbranched alkanes of at least 4 members (excludes halogenated alkanes) is 60. The summed E-state index contributed by atoms with van der Waals surface area (Å²) in [4.78, 5) is 23.5. The number of carbonyl (C=O) groups excluding carboxylic acids is 1. The summed E-state index contributed by atoms with van der Waals surface area (Å²) in [5.74, 6) is -0.181. The van der Waals surface area contributed by atoms with Crippen molar-refractivity contribution < 1.29 is 32.9 Å². The van der Waals surface area contributed by atoms with Crippen molar-refractivity contribution in [3.05, 3.63) is 36.5 Å². The fraction of sp³-hybridized carbons (Fsp3) is 0.915. The summed E-state index contributed by atoms with van der Waals surface area (Å²) in [5, 5.41) is 14.0. The summed E-state index contributed by atoms with van der Waals surface area (Å²) >= 11 is 0. The van der Waals surface area contributed by atoms with Crippen LogP contribution in [0.1, 0.15) is 431 Å². The summed E-state index contributed by atoms with van der Waals surface area (Å²) in [6.07, 6.45) is 99.4. The van der Waals surface area contributed by atoms with Crippen molar-refractivity contribution in [1.29, 1.82) is 0 Å². The number of likely N-dealkylation sites (N-methyl/N-ethyl adjacent to an activating group) is 1. The monoisotopic (exact) mass is 1300 g/mol. The third-order valence-electron chi connectivity index (χ3n) is 19.1. The van der Waals surface area contributed by atoms with E-state index in [4.69, 9.17) is 9.05 Å². The second-order valence-corrected chi connectivity index (χ2v) is 30.9. The molecule has 0 bridgehead atoms. The van der Waals surface area contributed by atoms with Crippen molar-refractivity contribution >= 4 is 13.7 Å². The first kappa shape index (κ1) is 89.7. The fourth-order valence-corrected chi connectivity index (χ4v) is 13.5. The second-order valence-electron chi connectivity index (χ2n) is 29.5. The molecule has 9 heteroatoms. The molecule has 1 amide bonds. The van der Waals surface area contributed by atoms with Crippen molar-refractivity contribution in [3.63, 3.8) is 0 Å². The maximum absolute atomic E-state index is 13.1. The lowest BCUT2D eigenvalue weighted by molar-refractivity contribution is -0.870. The topological polar surface area (TPSA) is 105 Å². The van der Waals surface area contributed by atoms with E-state index in [9.17, 15) is 19.4 Å². The van der Waals surface area contributed by atoms with Crippen LogP contribution in [0, 0.1) is 0 Å². The first-order chi connectivity index (χ1) is 44.5. The number of quaternary nitrogens is 1. The molecule has 91 heavy (non-hydrogen) atoms. The zero-order chi connectivity index (χ0) is 66.2. The molecule has 0 aliphatic heterocycles. The molecule has 0 aromatic rings. The van der Waals surface area contributed by atoms with Crippen molar-refractivity contribution in [2.75, 3.05) is 40.9 Å². The van der Waals surface area contributed by atoms with Crippen molar-refractivity contribution in [2.24, 2.45) is 0 Å². The van der Waals surface area contributed by atoms with Crippen LogP contribution in [0.4, 0.5) is 0 Å². The standard InChI is InChI=1S/C82H161N2O6P/c1-6-8-10-12-14-16-18-20-22-24-26-28-30-32-34-36-38-39-40-41-42-43-44-46-48-50-52-54-56-58-60-62-64-66-68-70-72-74-76-82(86)83-80(79-90-91(87,88)89-78-77-84(3,4)5)81(85)75-73-71-69-67-65-63-61-59-57-55-53-51-49-47-45-37-35-33-31-29-27-25-23-21-19-17-15-13-11-9-7-2/h57,59,65,67,73,75,80-81,85H,6-56,58,60-64,66,68-72,74,76-79H2,1-5H3,(H-,83,86,87,88)/p+1/b59-57+,67-65+,75-73+. The Morgan fingerprint density at radius 3 is 0.879 bits per heavy atom. The summed E-state index contributed by atoms with van der Waals surface area (Å²) in [5.41, 5.74) is 0. The van der Waals surface area contributed by atoms with E-state index in [0.717, 1.165) is 44.9 Å². The lowest BCUT2D eigenvalue weighted by atomic mass is 10.0. The maximum atomic E-state index is 13.1. The molecule has 3 unspecified atom stereocenters. The van der Waals surface area contributed by atoms with E-state index in [1.54, 1.807) is 6.08 Å². The first-order valence-electron chi connectivity index (χ1n) is 40.9. The van der Waals surface area contributed by atoms with Crippen LogP contribution in [-0.4, -0.2) is 73.4 Å². The van der Waals surface area contributed by atoms with E-state index >= 15 is 0 Å². The van der Waals surface area contributed by atoms with Crippen LogP contribution < -0.4 is 5.32 Å². The summed E-state index contributed by atoms with van der Waals surface area (Å²) in [6, 6.07) is -0.871. The number of phosphoric acid groups is 1. The van der Waals surface area contributed by atoms with Crippen LogP contribution in [0.15, 0.2) is 36.5 Å². The molecule has 3 N–H and O–H groups in total. The number of aliphatic hydroxyl groups excluding tert-OH is 1. The Labute approximate surface area is 569 Å². The number of hydrogen-bond donors (Lipinski definition) is 3. The summed E-state index contributed by atoms with van der Waals surface area (Å²) in [7, 11) is 1.57. The minimum Gasteiger partial charge on any atom is -0.387 e. The van der Waals surface area contributed by atoms with Crippen LogP contribution in [-0.2, 0) is 18.4 Å². The molecule has 0 heterocycles. The van der Waals surface area contributed by atoms with Gasteiger partial charge in [-0.15, -0.1) is 0 Å². The van der Waals surface area contributed by atoms with Gasteiger partial charge in [-0.3, -0.25) is 13.8 Å². The Bertz CT molecular complexity index is 1580. The number of hydrogen-bond acceptors (Lipinski definition) is 5. The van der Waals surface area contributed by atoms with Gasteiger partial charge in [-0.05, 0) is 44.9 Å². The molecule has 0 saturated carbocycles. The van der Waals surface area contributed by atoms with E-state index in [1.165, 1.54) is 366 Å². The fourth-order valence-electron chi connectivity index (χ4n) is 12.8. The average molecular weight is 1300 g/mol. The van der Waals surface area contributed by atoms with Gasteiger partial charge in [0.2, 0.25) is 5.91 Å². The lowest BCUT2D eigenvalue weighted by Gasteiger charge is -2.25. The maximum Gasteiger partial charge on any atom is 0.472 e. The number of allylic oxidation sites excluding steroid dienone is 5. The van der Waals surface area contributed by atoms with E-state index in [1.807, 2.05) is 27.2 Å². The molecule has 0 fully saturated rings. The molecule has 8 nitrogen and oxygen atoms in total. The zero-order valence-electron chi connectivity index (χ0n) is 62.1. The predicted molar refractivity (Wildman–Crippen MR) is 401 cm³/mol. The number of rotatable bonds is 77. The van der Waals surface area contributed by atoms with Crippen molar-refractivity contribution in [1.82, 2.24) is 5.32 Å². The Morgan fingerprint density at radius 1 is 0.363 bits per heavy atom. The minimum absolute atomic E-state index is 0.0556. The predicted octanol–water partition coefficient (Wildman–Crippen LogP) is 26.7. The SMILES string of the molecule is CCCCCCCCCCCCCCCCCCCCCCC/C=C/CC/C=C/CC/C=C/C(O)C(COP(=O)(O)OCC[N+](C)(C)C)NC(=O)CCCCCCCCCCCCCCCCCCCCCCCCCCCCCCCCCCCCCCCC. The number of amides is 1. The van der Waals surface area contributed by atoms with Gasteiger partial charge in [0.15, 0.2) is 0 Å². The molecule has 0 radical (unpaired) electrons. The highest BCUT2D eigenvalue weighted by molar-refractivity contribution is 7.47. The number of nitrogens with one attached hydrogen (secondary N) is 1. The van der Waals surface area contributed by atoms with Crippen LogP contribution in [0.5, 0.6) is 0 Å². The molecule has 0 rings (SSSR count). The minimum atomic E-state index is -4.37. The molecule has 0 saturated heterocycles. The number of aliphatic hydroxyl groups is 1. The van der Waals surface area contributed by atoms with Gasteiger partial charge in [0.25, 0.3) is 0 Å². The quantitative estimate of drug-likeness (QED) is 0.0243. The molecule has 0 spiro atoms. The molecular weight excluding hydrogens is 1140 g/mol. The van der Waals surface area contributed by atoms with Crippen LogP contribution in [0.2, 0.25) is 0 Å². The van der Waals surface area contributed by atoms with Gasteiger partial charge in [-0.2, -0.15) is 0 Å². The van der Waals surface area contributed by atoms with Crippen LogP contribution in [0.3, 0.4) is 0 Å². The number of nitrogens with zero attached hydrogens (tertiary/aromatic N) is 1. The van der Waals surface area contributed by atoms with Crippen molar-refractivity contribution in [3.8, 4) is 0 Å². The Balaban J connectivity index is 3.97. The summed E-state index contributed by atoms with van der Waals surface area (Å²) in [6.45, 7) is 4.86. The summed E-state index contributed by atoms with van der Waals surface area (Å²) < 4.78 is 23.9. The molecule has 0 aromatic carbocycles. The first-order valence-corrected chi connectivity index (χ1v) is 42.4. The van der Waals surface area contributed by atoms with Gasteiger partial charge in [-0.1, -0.05) is 416 Å². The second kappa shape index (κ2) is 73.0. The van der Waals surface area contributed by atoms with Gasteiger partial charge in [0.05, 0.1) is 39.9 Å². The van der Waals surface area contributed by atoms with E-state index in [-0.39, 0.29) is 19.1 Å². The van der Waals surface area contributed by atoms with E-state index in [0.29, 0.717) is 17.4 Å². The smallest absolute Gasteiger partial charge is 0.387 e. The average Bonchev–Trinajstić information content (AvgIpc) is 3.73. The van der Waals surface area contributed by atoms with Gasteiger partial charge in [0.1, 0.15) is 13.2 Å². The van der Waals surface area contributed by atoms with Crippen LogP contribution in [0.25, 0.3) is 0 Å². The van der Waals surface area contributed by atoms with Gasteiger partial charge in [-0.25, -0.2) is 4.57 Å². The molecule has 0 aliphatic carbocycles. The van der Waals surface area contributed by atoms with Gasteiger partial charge < -0.3 is 19.8 Å². The Hall–Kier alpha value is -1.28. The zero-order valence-corrected chi connectivity index (χ0v) is 63.0. The third-order valence-corrected chi connectivity index (χ3v) is 20.1.